The van der Waals surface area contributed by atoms with E-state index in [-0.39, 0.29) is 12.3 Å². The molecule has 3 amide bonds. The molecule has 0 atom stereocenters. The minimum atomic E-state index is -0.585. The number of carbonyl (C=O) groups excluding carboxylic acids is 2. The molecule has 0 unspecified atom stereocenters. The molecule has 0 aliphatic carbocycles. The quantitative estimate of drug-likeness (QED) is 0.172. The SMILES string of the molecule is NNC(=O)CCCNC(N)=O. The number of carbonyl (C=O) groups is 2. The minimum Gasteiger partial charge on any atom is -0.352 e. The van der Waals surface area contributed by atoms with Crippen molar-refractivity contribution >= 4 is 11.9 Å². The molecule has 0 aromatic heterocycles. The molecule has 0 radical (unpaired) electrons. The Kier molecular flexibility index (Phi) is 4.83. The van der Waals surface area contributed by atoms with Gasteiger partial charge in [-0.25, -0.2) is 10.6 Å². The molecular formula is C5H12N4O2. The first-order valence-corrected chi connectivity index (χ1v) is 3.19. The van der Waals surface area contributed by atoms with Crippen LogP contribution in [0.25, 0.3) is 0 Å². The van der Waals surface area contributed by atoms with E-state index >= 15 is 0 Å². The molecule has 0 spiro atoms. The summed E-state index contributed by atoms with van der Waals surface area (Å²) in [4.78, 5) is 20.6. The van der Waals surface area contributed by atoms with E-state index in [0.717, 1.165) is 0 Å². The van der Waals surface area contributed by atoms with Crippen LogP contribution in [0.15, 0.2) is 0 Å². The summed E-state index contributed by atoms with van der Waals surface area (Å²) < 4.78 is 0. The molecule has 0 saturated carbocycles. The summed E-state index contributed by atoms with van der Waals surface area (Å²) in [6, 6.07) is -0.585. The highest BCUT2D eigenvalue weighted by atomic mass is 16.2. The van der Waals surface area contributed by atoms with Crippen molar-refractivity contribution in [2.45, 2.75) is 12.8 Å². The highest BCUT2D eigenvalue weighted by molar-refractivity contribution is 5.75. The van der Waals surface area contributed by atoms with E-state index in [4.69, 9.17) is 11.6 Å². The summed E-state index contributed by atoms with van der Waals surface area (Å²) in [5.74, 6) is 4.55. The fourth-order valence-electron chi connectivity index (χ4n) is 0.533. The first kappa shape index (κ1) is 9.70. The number of hydrazine groups is 1. The van der Waals surface area contributed by atoms with Gasteiger partial charge in [-0.3, -0.25) is 10.2 Å². The van der Waals surface area contributed by atoms with Crippen LogP contribution in [0.3, 0.4) is 0 Å². The van der Waals surface area contributed by atoms with Gasteiger partial charge in [0.2, 0.25) is 5.91 Å². The predicted molar refractivity (Wildman–Crippen MR) is 39.2 cm³/mol. The van der Waals surface area contributed by atoms with Crippen molar-refractivity contribution in [3.05, 3.63) is 0 Å². The summed E-state index contributed by atoms with van der Waals surface area (Å²) in [5, 5.41) is 2.34. The third-order valence-corrected chi connectivity index (χ3v) is 1.04. The zero-order valence-corrected chi connectivity index (χ0v) is 6.09. The second-order valence-electron chi connectivity index (χ2n) is 1.96. The van der Waals surface area contributed by atoms with Gasteiger partial charge in [0, 0.05) is 13.0 Å². The number of hydrogen-bond acceptors (Lipinski definition) is 3. The third-order valence-electron chi connectivity index (χ3n) is 1.04. The molecule has 0 bridgehead atoms. The maximum atomic E-state index is 10.5. The average Bonchev–Trinajstić information content (AvgIpc) is 1.97. The Hall–Kier alpha value is -1.30. The highest BCUT2D eigenvalue weighted by Crippen LogP contribution is 1.84. The third kappa shape index (κ3) is 6.59. The van der Waals surface area contributed by atoms with E-state index in [0.29, 0.717) is 13.0 Å². The van der Waals surface area contributed by atoms with E-state index in [2.05, 4.69) is 5.32 Å². The van der Waals surface area contributed by atoms with Crippen molar-refractivity contribution in [2.24, 2.45) is 11.6 Å². The number of urea groups is 1. The van der Waals surface area contributed by atoms with Crippen LogP contribution >= 0.6 is 0 Å². The van der Waals surface area contributed by atoms with Crippen LogP contribution in [0.1, 0.15) is 12.8 Å². The standard InChI is InChI=1S/C5H12N4O2/c6-5(11)8-3-1-2-4(10)9-7/h1-3,7H2,(H,9,10)(H3,6,8,11). The van der Waals surface area contributed by atoms with Crippen molar-refractivity contribution in [3.63, 3.8) is 0 Å². The van der Waals surface area contributed by atoms with Crippen molar-refractivity contribution in [1.29, 1.82) is 0 Å². The monoisotopic (exact) mass is 160 g/mol. The summed E-state index contributed by atoms with van der Waals surface area (Å²) in [7, 11) is 0. The van der Waals surface area contributed by atoms with Gasteiger partial charge in [-0.1, -0.05) is 0 Å². The Balaban J connectivity index is 3.14. The lowest BCUT2D eigenvalue weighted by molar-refractivity contribution is -0.121. The smallest absolute Gasteiger partial charge is 0.312 e. The second-order valence-corrected chi connectivity index (χ2v) is 1.96. The van der Waals surface area contributed by atoms with Crippen LogP contribution in [0.5, 0.6) is 0 Å². The Morgan fingerprint density at radius 3 is 2.45 bits per heavy atom. The maximum absolute atomic E-state index is 10.5. The summed E-state index contributed by atoms with van der Waals surface area (Å²) in [6.45, 7) is 0.392. The van der Waals surface area contributed by atoms with Gasteiger partial charge in [-0.05, 0) is 6.42 Å². The predicted octanol–water partition coefficient (Wildman–Crippen LogP) is -1.58. The first-order chi connectivity index (χ1) is 5.16. The van der Waals surface area contributed by atoms with Crippen molar-refractivity contribution in [1.82, 2.24) is 10.7 Å². The van der Waals surface area contributed by atoms with Gasteiger partial charge in [0.05, 0.1) is 0 Å². The molecule has 0 aliphatic rings. The van der Waals surface area contributed by atoms with Gasteiger partial charge >= 0.3 is 6.03 Å². The van der Waals surface area contributed by atoms with Gasteiger partial charge in [0.15, 0.2) is 0 Å². The van der Waals surface area contributed by atoms with Crippen LogP contribution in [0.4, 0.5) is 4.79 Å². The summed E-state index contributed by atoms with van der Waals surface area (Å²) in [5.41, 5.74) is 6.74. The first-order valence-electron chi connectivity index (χ1n) is 3.19. The van der Waals surface area contributed by atoms with Gasteiger partial charge in [0.1, 0.15) is 0 Å². The molecule has 0 aromatic carbocycles. The van der Waals surface area contributed by atoms with Crippen LogP contribution in [-0.2, 0) is 4.79 Å². The van der Waals surface area contributed by atoms with Gasteiger partial charge in [0.25, 0.3) is 0 Å². The summed E-state index contributed by atoms with van der Waals surface area (Å²) in [6.07, 6.45) is 0.822. The normalized spacial score (nSPS) is 8.82. The lowest BCUT2D eigenvalue weighted by Crippen LogP contribution is -2.33. The van der Waals surface area contributed by atoms with E-state index in [1.165, 1.54) is 0 Å². The van der Waals surface area contributed by atoms with Crippen molar-refractivity contribution in [3.8, 4) is 0 Å². The Morgan fingerprint density at radius 2 is 2.00 bits per heavy atom. The number of nitrogens with two attached hydrogens (primary N) is 2. The summed E-state index contributed by atoms with van der Waals surface area (Å²) >= 11 is 0. The number of nitrogens with one attached hydrogen (secondary N) is 2. The molecule has 64 valence electrons. The highest BCUT2D eigenvalue weighted by Gasteiger charge is 1.97. The molecule has 0 aromatic rings. The second kappa shape index (κ2) is 5.48. The van der Waals surface area contributed by atoms with E-state index in [1.54, 1.807) is 0 Å². The van der Waals surface area contributed by atoms with E-state index in [1.807, 2.05) is 5.43 Å². The van der Waals surface area contributed by atoms with Crippen molar-refractivity contribution in [2.75, 3.05) is 6.54 Å². The molecule has 0 aliphatic heterocycles. The number of rotatable bonds is 4. The zero-order valence-electron chi connectivity index (χ0n) is 6.09. The van der Waals surface area contributed by atoms with Gasteiger partial charge < -0.3 is 11.1 Å². The molecule has 11 heavy (non-hydrogen) atoms. The van der Waals surface area contributed by atoms with Crippen LogP contribution in [0, 0.1) is 0 Å². The Labute approximate surface area is 64.3 Å². The van der Waals surface area contributed by atoms with E-state index in [9.17, 15) is 9.59 Å². The Morgan fingerprint density at radius 1 is 1.36 bits per heavy atom. The number of primary amides is 1. The minimum absolute atomic E-state index is 0.253. The topological polar surface area (TPSA) is 110 Å². The molecule has 0 heterocycles. The number of hydrogen-bond donors (Lipinski definition) is 4. The maximum Gasteiger partial charge on any atom is 0.312 e. The van der Waals surface area contributed by atoms with Crippen molar-refractivity contribution < 1.29 is 9.59 Å². The average molecular weight is 160 g/mol. The molecule has 6 heteroatoms. The fourth-order valence-corrected chi connectivity index (χ4v) is 0.533. The molecule has 0 saturated heterocycles. The van der Waals surface area contributed by atoms with Gasteiger partial charge in [-0.2, -0.15) is 0 Å². The molecular weight excluding hydrogens is 148 g/mol. The zero-order chi connectivity index (χ0) is 8.69. The largest absolute Gasteiger partial charge is 0.352 e. The molecule has 6 nitrogen and oxygen atoms in total. The fraction of sp³-hybridized carbons (Fsp3) is 0.600. The lowest BCUT2D eigenvalue weighted by Gasteiger charge is -1.99. The van der Waals surface area contributed by atoms with Crippen LogP contribution in [-0.4, -0.2) is 18.5 Å². The van der Waals surface area contributed by atoms with Gasteiger partial charge in [-0.15, -0.1) is 0 Å². The molecule has 0 fully saturated rings. The van der Waals surface area contributed by atoms with Crippen LogP contribution < -0.4 is 22.3 Å². The van der Waals surface area contributed by atoms with Crippen LogP contribution in [0.2, 0.25) is 0 Å². The lowest BCUT2D eigenvalue weighted by atomic mass is 10.3. The molecule has 6 N–H and O–H groups in total. The molecule has 0 rings (SSSR count). The number of amides is 3. The van der Waals surface area contributed by atoms with E-state index < -0.39 is 6.03 Å². The Bertz CT molecular complexity index is 147.